The number of fused-ring (bicyclic) bond motifs is 1. The molecule has 3 rings (SSSR count). The normalized spacial score (nSPS) is 28.4. The van der Waals surface area contributed by atoms with Gasteiger partial charge in [-0.2, -0.15) is 0 Å². The summed E-state index contributed by atoms with van der Waals surface area (Å²) in [5, 5.41) is 6.39. The molecular weight excluding hydrogens is 266 g/mol. The van der Waals surface area contributed by atoms with Gasteiger partial charge in [0.25, 0.3) is 0 Å². The zero-order chi connectivity index (χ0) is 14.8. The number of carbonyl (C=O) groups excluding carboxylic acids is 1. The summed E-state index contributed by atoms with van der Waals surface area (Å²) in [4.78, 5) is 14.5. The van der Waals surface area contributed by atoms with Crippen LogP contribution in [0.25, 0.3) is 0 Å². The van der Waals surface area contributed by atoms with E-state index in [0.717, 1.165) is 31.1 Å². The number of likely N-dealkylation sites (tertiary alicyclic amines) is 1. The van der Waals surface area contributed by atoms with Crippen molar-refractivity contribution in [1.29, 1.82) is 0 Å². The monoisotopic (exact) mass is 289 g/mol. The van der Waals surface area contributed by atoms with Crippen LogP contribution in [0.4, 0.5) is 5.69 Å². The van der Waals surface area contributed by atoms with Gasteiger partial charge in [0, 0.05) is 24.3 Å². The summed E-state index contributed by atoms with van der Waals surface area (Å²) in [6.07, 6.45) is 0. The Morgan fingerprint density at radius 1 is 1.48 bits per heavy atom. The van der Waals surface area contributed by atoms with Crippen LogP contribution in [0, 0.1) is 11.8 Å². The van der Waals surface area contributed by atoms with Crippen LogP contribution in [-0.4, -0.2) is 50.1 Å². The van der Waals surface area contributed by atoms with Gasteiger partial charge in [-0.15, -0.1) is 0 Å². The lowest BCUT2D eigenvalue weighted by atomic mass is 9.95. The molecule has 3 unspecified atom stereocenters. The van der Waals surface area contributed by atoms with Crippen LogP contribution in [0.5, 0.6) is 5.75 Å². The van der Waals surface area contributed by atoms with Crippen LogP contribution >= 0.6 is 0 Å². The maximum absolute atomic E-state index is 12.2. The fourth-order valence-electron chi connectivity index (χ4n) is 3.55. The first-order valence-electron chi connectivity index (χ1n) is 7.56. The van der Waals surface area contributed by atoms with E-state index in [2.05, 4.69) is 22.5 Å². The molecule has 1 aromatic carbocycles. The number of benzene rings is 1. The van der Waals surface area contributed by atoms with E-state index in [1.807, 2.05) is 24.3 Å². The third-order valence-electron chi connectivity index (χ3n) is 4.76. The van der Waals surface area contributed by atoms with E-state index in [1.54, 1.807) is 7.11 Å². The largest absolute Gasteiger partial charge is 0.497 e. The molecule has 0 bridgehead atoms. The zero-order valence-electron chi connectivity index (χ0n) is 12.6. The summed E-state index contributed by atoms with van der Waals surface area (Å²) in [6.45, 7) is 5.88. The molecule has 21 heavy (non-hydrogen) atoms. The molecule has 2 N–H and O–H groups in total. The van der Waals surface area contributed by atoms with Crippen molar-refractivity contribution in [2.45, 2.75) is 13.0 Å². The van der Waals surface area contributed by atoms with Gasteiger partial charge in [-0.3, -0.25) is 9.69 Å². The van der Waals surface area contributed by atoms with Crippen molar-refractivity contribution < 1.29 is 9.53 Å². The lowest BCUT2D eigenvalue weighted by Gasteiger charge is -2.23. The van der Waals surface area contributed by atoms with Crippen molar-refractivity contribution >= 4 is 11.6 Å². The van der Waals surface area contributed by atoms with E-state index in [9.17, 15) is 4.79 Å². The van der Waals surface area contributed by atoms with Gasteiger partial charge >= 0.3 is 0 Å². The Labute approximate surface area is 125 Å². The van der Waals surface area contributed by atoms with E-state index in [0.29, 0.717) is 24.4 Å². The average molecular weight is 289 g/mol. The smallest absolute Gasteiger partial charge is 0.238 e. The maximum Gasteiger partial charge on any atom is 0.238 e. The predicted octanol–water partition coefficient (Wildman–Crippen LogP) is 1.17. The van der Waals surface area contributed by atoms with Crippen LogP contribution in [0.3, 0.4) is 0 Å². The van der Waals surface area contributed by atoms with Crippen LogP contribution < -0.4 is 15.4 Å². The van der Waals surface area contributed by atoms with Crippen LogP contribution in [0.1, 0.15) is 6.92 Å². The van der Waals surface area contributed by atoms with Gasteiger partial charge in [-0.1, -0.05) is 6.07 Å². The summed E-state index contributed by atoms with van der Waals surface area (Å²) in [5.41, 5.74) is 0.785. The van der Waals surface area contributed by atoms with Crippen molar-refractivity contribution in [3.05, 3.63) is 24.3 Å². The molecule has 2 fully saturated rings. The Morgan fingerprint density at radius 2 is 2.33 bits per heavy atom. The molecule has 2 heterocycles. The number of ether oxygens (including phenoxy) is 1. The molecule has 1 aromatic rings. The Kier molecular flexibility index (Phi) is 4.12. The van der Waals surface area contributed by atoms with Gasteiger partial charge in [0.15, 0.2) is 0 Å². The lowest BCUT2D eigenvalue weighted by Crippen LogP contribution is -2.38. The Morgan fingerprint density at radius 3 is 3.10 bits per heavy atom. The second kappa shape index (κ2) is 6.03. The molecular formula is C16H23N3O2. The summed E-state index contributed by atoms with van der Waals surface area (Å²) in [7, 11) is 1.62. The van der Waals surface area contributed by atoms with Crippen molar-refractivity contribution in [3.8, 4) is 5.75 Å². The van der Waals surface area contributed by atoms with Crippen molar-refractivity contribution in [1.82, 2.24) is 10.2 Å². The molecule has 0 spiro atoms. The minimum atomic E-state index is 0.0445. The summed E-state index contributed by atoms with van der Waals surface area (Å²) < 4.78 is 5.17. The Bertz CT molecular complexity index is 520. The van der Waals surface area contributed by atoms with Gasteiger partial charge in [0.05, 0.1) is 13.7 Å². The standard InChI is InChI=1S/C16H23N3O2/c1-11-15-8-17-7-12(15)9-19(11)10-16(20)18-13-4-3-5-14(6-13)21-2/h3-6,11-12,15,17H,7-10H2,1-2H3,(H,18,20). The molecule has 0 saturated carbocycles. The molecule has 2 saturated heterocycles. The van der Waals surface area contributed by atoms with Crippen molar-refractivity contribution in [2.75, 3.05) is 38.6 Å². The third kappa shape index (κ3) is 3.04. The van der Waals surface area contributed by atoms with Gasteiger partial charge in [0.1, 0.15) is 5.75 Å². The van der Waals surface area contributed by atoms with Gasteiger partial charge in [-0.05, 0) is 44.0 Å². The number of amides is 1. The highest BCUT2D eigenvalue weighted by Crippen LogP contribution is 2.31. The molecule has 114 valence electrons. The van der Waals surface area contributed by atoms with E-state index < -0.39 is 0 Å². The fraction of sp³-hybridized carbons (Fsp3) is 0.562. The van der Waals surface area contributed by atoms with Gasteiger partial charge in [-0.25, -0.2) is 0 Å². The number of rotatable bonds is 4. The quantitative estimate of drug-likeness (QED) is 0.874. The van der Waals surface area contributed by atoms with Crippen molar-refractivity contribution in [3.63, 3.8) is 0 Å². The molecule has 5 nitrogen and oxygen atoms in total. The topological polar surface area (TPSA) is 53.6 Å². The predicted molar refractivity (Wildman–Crippen MR) is 82.5 cm³/mol. The molecule has 0 radical (unpaired) electrons. The highest BCUT2D eigenvalue weighted by molar-refractivity contribution is 5.92. The molecule has 2 aliphatic heterocycles. The summed E-state index contributed by atoms with van der Waals surface area (Å²) >= 11 is 0. The van der Waals surface area contributed by atoms with E-state index >= 15 is 0 Å². The first-order chi connectivity index (χ1) is 10.2. The number of nitrogens with one attached hydrogen (secondary N) is 2. The molecule has 0 aromatic heterocycles. The number of carbonyl (C=O) groups is 1. The van der Waals surface area contributed by atoms with Crippen LogP contribution in [-0.2, 0) is 4.79 Å². The fourth-order valence-corrected chi connectivity index (χ4v) is 3.55. The summed E-state index contributed by atoms with van der Waals surface area (Å²) in [6, 6.07) is 7.94. The van der Waals surface area contributed by atoms with Crippen molar-refractivity contribution in [2.24, 2.45) is 11.8 Å². The number of hydrogen-bond donors (Lipinski definition) is 2. The molecule has 5 heteroatoms. The highest BCUT2D eigenvalue weighted by Gasteiger charge is 2.42. The van der Waals surface area contributed by atoms with E-state index in [-0.39, 0.29) is 5.91 Å². The number of hydrogen-bond acceptors (Lipinski definition) is 4. The van der Waals surface area contributed by atoms with Gasteiger partial charge in [0.2, 0.25) is 5.91 Å². The highest BCUT2D eigenvalue weighted by atomic mass is 16.5. The molecule has 2 aliphatic rings. The van der Waals surface area contributed by atoms with Crippen LogP contribution in [0.2, 0.25) is 0 Å². The number of nitrogens with zero attached hydrogens (tertiary/aromatic N) is 1. The third-order valence-corrected chi connectivity index (χ3v) is 4.76. The zero-order valence-corrected chi connectivity index (χ0v) is 12.6. The second-order valence-corrected chi connectivity index (χ2v) is 6.03. The Hall–Kier alpha value is -1.59. The minimum Gasteiger partial charge on any atom is -0.497 e. The molecule has 0 aliphatic carbocycles. The lowest BCUT2D eigenvalue weighted by molar-refractivity contribution is -0.117. The first-order valence-corrected chi connectivity index (χ1v) is 7.56. The SMILES string of the molecule is COc1cccc(NC(=O)CN2CC3CNCC3C2C)c1. The van der Waals surface area contributed by atoms with E-state index in [4.69, 9.17) is 4.74 Å². The number of anilines is 1. The maximum atomic E-state index is 12.2. The Balaban J connectivity index is 1.57. The molecule has 3 atom stereocenters. The molecule has 1 amide bonds. The minimum absolute atomic E-state index is 0.0445. The average Bonchev–Trinajstić information content (AvgIpc) is 3.03. The first kappa shape index (κ1) is 14.4. The number of methoxy groups -OCH3 is 1. The second-order valence-electron chi connectivity index (χ2n) is 6.03. The van der Waals surface area contributed by atoms with E-state index in [1.165, 1.54) is 0 Å². The summed E-state index contributed by atoms with van der Waals surface area (Å²) in [5.74, 6) is 2.19. The van der Waals surface area contributed by atoms with Gasteiger partial charge < -0.3 is 15.4 Å². The van der Waals surface area contributed by atoms with Crippen LogP contribution in [0.15, 0.2) is 24.3 Å².